The van der Waals surface area contributed by atoms with E-state index in [9.17, 15) is 4.79 Å². The third kappa shape index (κ3) is 6.59. The van der Waals surface area contributed by atoms with Crippen LogP contribution in [0.15, 0.2) is 65.7 Å². The molecule has 3 rings (SSSR count). The summed E-state index contributed by atoms with van der Waals surface area (Å²) in [4.78, 5) is 18.8. The van der Waals surface area contributed by atoms with E-state index in [-0.39, 0.29) is 29.9 Å². The first-order valence-electron chi connectivity index (χ1n) is 9.72. The number of amides is 1. The second-order valence-corrected chi connectivity index (χ2v) is 6.89. The number of aryl methyl sites for hydroxylation is 1. The van der Waals surface area contributed by atoms with Crippen molar-refractivity contribution in [1.29, 1.82) is 0 Å². The highest BCUT2D eigenvalue weighted by atomic mass is 127. The minimum atomic E-state index is -0.0473. The highest BCUT2D eigenvalue weighted by molar-refractivity contribution is 14.0. The van der Waals surface area contributed by atoms with Gasteiger partial charge in [-0.3, -0.25) is 9.79 Å². The molecule has 0 aliphatic carbocycles. The molecule has 0 saturated carbocycles. The van der Waals surface area contributed by atoms with Crippen molar-refractivity contribution in [3.05, 3.63) is 77.4 Å². The Balaban J connectivity index is 0.00000300. The molecule has 1 aliphatic heterocycles. The molecule has 0 atom stereocenters. The lowest BCUT2D eigenvalue weighted by molar-refractivity contribution is 0.0954. The lowest BCUT2D eigenvalue weighted by Crippen LogP contribution is -2.45. The molecule has 1 aliphatic rings. The van der Waals surface area contributed by atoms with Crippen LogP contribution in [0.4, 0.5) is 0 Å². The molecule has 29 heavy (non-hydrogen) atoms. The molecule has 2 N–H and O–H groups in total. The van der Waals surface area contributed by atoms with Crippen LogP contribution in [0.1, 0.15) is 27.9 Å². The van der Waals surface area contributed by atoms with Gasteiger partial charge < -0.3 is 15.5 Å². The molecule has 0 radical (unpaired) electrons. The van der Waals surface area contributed by atoms with Crippen LogP contribution in [0.2, 0.25) is 0 Å². The van der Waals surface area contributed by atoms with Gasteiger partial charge in [-0.15, -0.1) is 24.0 Å². The number of aliphatic imine (C=N–C) groups is 1. The summed E-state index contributed by atoms with van der Waals surface area (Å²) in [5, 5.41) is 6.29. The zero-order valence-corrected chi connectivity index (χ0v) is 19.4. The SMILES string of the molecule is CN=C(NCCNC(=O)c1cccc(C)c1)N1CC=C(c2ccccc2)CC1.I. The fourth-order valence-electron chi connectivity index (χ4n) is 3.35. The van der Waals surface area contributed by atoms with E-state index >= 15 is 0 Å². The van der Waals surface area contributed by atoms with Gasteiger partial charge in [0.2, 0.25) is 0 Å². The van der Waals surface area contributed by atoms with Crippen LogP contribution in [-0.2, 0) is 0 Å². The molecule has 2 aromatic carbocycles. The van der Waals surface area contributed by atoms with E-state index in [1.165, 1.54) is 11.1 Å². The summed E-state index contributed by atoms with van der Waals surface area (Å²) in [5.74, 6) is 0.821. The smallest absolute Gasteiger partial charge is 0.251 e. The van der Waals surface area contributed by atoms with Crippen molar-refractivity contribution < 1.29 is 4.79 Å². The van der Waals surface area contributed by atoms with E-state index in [0.29, 0.717) is 18.7 Å². The Morgan fingerprint density at radius 1 is 1.07 bits per heavy atom. The Hall–Kier alpha value is -2.35. The Kier molecular flexibility index (Phi) is 9.18. The molecule has 6 heteroatoms. The van der Waals surface area contributed by atoms with Crippen LogP contribution in [-0.4, -0.2) is 50.0 Å². The van der Waals surface area contributed by atoms with E-state index in [2.05, 4.69) is 50.9 Å². The number of rotatable bonds is 5. The first kappa shape index (κ1) is 22.9. The summed E-state index contributed by atoms with van der Waals surface area (Å²) in [5.41, 5.74) is 4.46. The number of benzene rings is 2. The number of nitrogens with zero attached hydrogens (tertiary/aromatic N) is 2. The maximum atomic E-state index is 12.2. The number of carbonyl (C=O) groups excluding carboxylic acids is 1. The van der Waals surface area contributed by atoms with Crippen LogP contribution in [0, 0.1) is 6.92 Å². The van der Waals surface area contributed by atoms with E-state index in [4.69, 9.17) is 0 Å². The van der Waals surface area contributed by atoms with Crippen LogP contribution >= 0.6 is 24.0 Å². The van der Waals surface area contributed by atoms with Gasteiger partial charge in [0.05, 0.1) is 0 Å². The van der Waals surface area contributed by atoms with Crippen LogP contribution in [0.3, 0.4) is 0 Å². The average Bonchev–Trinajstić information content (AvgIpc) is 2.74. The van der Waals surface area contributed by atoms with Gasteiger partial charge in [0.25, 0.3) is 5.91 Å². The molecule has 0 aromatic heterocycles. The summed E-state index contributed by atoms with van der Waals surface area (Å²) < 4.78 is 0. The zero-order chi connectivity index (χ0) is 19.8. The third-order valence-electron chi connectivity index (χ3n) is 4.84. The highest BCUT2D eigenvalue weighted by Crippen LogP contribution is 2.21. The van der Waals surface area contributed by atoms with Gasteiger partial charge >= 0.3 is 0 Å². The van der Waals surface area contributed by atoms with Crippen LogP contribution in [0.5, 0.6) is 0 Å². The number of hydrogen-bond donors (Lipinski definition) is 2. The molecule has 0 bridgehead atoms. The first-order chi connectivity index (χ1) is 13.7. The second-order valence-electron chi connectivity index (χ2n) is 6.89. The summed E-state index contributed by atoms with van der Waals surface area (Å²) in [7, 11) is 1.80. The fraction of sp³-hybridized carbons (Fsp3) is 0.304. The molecule has 0 spiro atoms. The Morgan fingerprint density at radius 2 is 1.83 bits per heavy atom. The molecule has 0 saturated heterocycles. The van der Waals surface area contributed by atoms with Crippen LogP contribution in [0.25, 0.3) is 5.57 Å². The largest absolute Gasteiger partial charge is 0.354 e. The lowest BCUT2D eigenvalue weighted by atomic mass is 10.00. The number of guanidine groups is 1. The number of nitrogens with one attached hydrogen (secondary N) is 2. The quantitative estimate of drug-likeness (QED) is 0.283. The fourth-order valence-corrected chi connectivity index (χ4v) is 3.35. The van der Waals surface area contributed by atoms with Crippen molar-refractivity contribution in [2.75, 3.05) is 33.2 Å². The van der Waals surface area contributed by atoms with Crippen molar-refractivity contribution in [3.8, 4) is 0 Å². The number of halogens is 1. The molecule has 1 heterocycles. The van der Waals surface area contributed by atoms with Crippen molar-refractivity contribution in [2.24, 2.45) is 4.99 Å². The Labute approximate surface area is 190 Å². The minimum absolute atomic E-state index is 0. The highest BCUT2D eigenvalue weighted by Gasteiger charge is 2.16. The van der Waals surface area contributed by atoms with Gasteiger partial charge in [-0.05, 0) is 36.6 Å². The molecular formula is C23H29IN4O. The summed E-state index contributed by atoms with van der Waals surface area (Å²) in [6.45, 7) is 4.93. The Morgan fingerprint density at radius 3 is 2.48 bits per heavy atom. The van der Waals surface area contributed by atoms with Crippen molar-refractivity contribution in [3.63, 3.8) is 0 Å². The second kappa shape index (κ2) is 11.6. The zero-order valence-electron chi connectivity index (χ0n) is 17.0. The Bertz CT molecular complexity index is 864. The van der Waals surface area contributed by atoms with E-state index < -0.39 is 0 Å². The van der Waals surface area contributed by atoms with Gasteiger partial charge in [-0.25, -0.2) is 0 Å². The molecular weight excluding hydrogens is 475 g/mol. The van der Waals surface area contributed by atoms with Gasteiger partial charge in [-0.1, -0.05) is 54.1 Å². The molecule has 5 nitrogen and oxygen atoms in total. The maximum Gasteiger partial charge on any atom is 0.251 e. The standard InChI is InChI=1S/C23H28N4O.HI/c1-18-7-6-10-21(17-18)22(28)25-13-14-26-23(24-2)27-15-11-20(12-16-27)19-8-4-3-5-9-19;/h3-11,17H,12-16H2,1-2H3,(H,24,26)(H,25,28);1H. The molecule has 0 fully saturated rings. The van der Waals surface area contributed by atoms with Crippen molar-refractivity contribution in [2.45, 2.75) is 13.3 Å². The maximum absolute atomic E-state index is 12.2. The number of hydrogen-bond acceptors (Lipinski definition) is 2. The molecule has 154 valence electrons. The van der Waals surface area contributed by atoms with E-state index in [0.717, 1.165) is 31.0 Å². The van der Waals surface area contributed by atoms with Gasteiger partial charge in [0.15, 0.2) is 5.96 Å². The van der Waals surface area contributed by atoms with Gasteiger partial charge in [0.1, 0.15) is 0 Å². The van der Waals surface area contributed by atoms with Crippen molar-refractivity contribution in [1.82, 2.24) is 15.5 Å². The predicted molar refractivity (Wildman–Crippen MR) is 131 cm³/mol. The lowest BCUT2D eigenvalue weighted by Gasteiger charge is -2.29. The van der Waals surface area contributed by atoms with E-state index in [1.807, 2.05) is 37.3 Å². The summed E-state index contributed by atoms with van der Waals surface area (Å²) >= 11 is 0. The average molecular weight is 504 g/mol. The molecule has 1 amide bonds. The third-order valence-corrected chi connectivity index (χ3v) is 4.84. The number of carbonyl (C=O) groups is 1. The normalized spacial score (nSPS) is 13.9. The topological polar surface area (TPSA) is 56.7 Å². The first-order valence-corrected chi connectivity index (χ1v) is 9.72. The minimum Gasteiger partial charge on any atom is -0.354 e. The molecule has 0 unspecified atom stereocenters. The van der Waals surface area contributed by atoms with Gasteiger partial charge in [0, 0.05) is 38.8 Å². The summed E-state index contributed by atoms with van der Waals surface area (Å²) in [6, 6.07) is 18.1. The van der Waals surface area contributed by atoms with Gasteiger partial charge in [-0.2, -0.15) is 0 Å². The predicted octanol–water partition coefficient (Wildman–Crippen LogP) is 3.71. The monoisotopic (exact) mass is 504 g/mol. The molecule has 2 aromatic rings. The van der Waals surface area contributed by atoms with Crippen molar-refractivity contribution >= 4 is 41.4 Å². The summed E-state index contributed by atoms with van der Waals surface area (Å²) in [6.07, 6.45) is 3.26. The van der Waals surface area contributed by atoms with E-state index in [1.54, 1.807) is 7.05 Å². The van der Waals surface area contributed by atoms with Crippen LogP contribution < -0.4 is 10.6 Å².